The van der Waals surface area contributed by atoms with E-state index in [1.54, 1.807) is 0 Å². The molecule has 0 saturated heterocycles. The Bertz CT molecular complexity index is 736. The minimum Gasteiger partial charge on any atom is -0.504 e. The molecule has 3 N–H and O–H groups in total. The molecule has 106 valence electrons. The number of carbonyl (C=O) groups is 1. The normalized spacial score (nSPS) is 10.8. The molecule has 20 heavy (non-hydrogen) atoms. The van der Waals surface area contributed by atoms with Crippen molar-refractivity contribution in [2.24, 2.45) is 0 Å². The lowest BCUT2D eigenvalue weighted by Crippen LogP contribution is -2.26. The summed E-state index contributed by atoms with van der Waals surface area (Å²) in [6, 6.07) is 2.57. The molecule has 0 aliphatic heterocycles. The van der Waals surface area contributed by atoms with Crippen LogP contribution in [0, 0.1) is 0 Å². The summed E-state index contributed by atoms with van der Waals surface area (Å²) in [5.41, 5.74) is 0.283. The Balaban J connectivity index is 2.73. The minimum atomic E-state index is -1.03. The van der Waals surface area contributed by atoms with E-state index < -0.39 is 11.7 Å². The Kier molecular flexibility index (Phi) is 3.60. The number of fused-ring (bicyclic) bond motifs is 1. The van der Waals surface area contributed by atoms with E-state index in [2.05, 4.69) is 4.98 Å². The van der Waals surface area contributed by atoms with Gasteiger partial charge in [-0.25, -0.2) is 4.79 Å². The first kappa shape index (κ1) is 13.9. The third kappa shape index (κ3) is 2.42. The van der Waals surface area contributed by atoms with Crippen molar-refractivity contribution >= 4 is 16.9 Å². The van der Waals surface area contributed by atoms with Crippen molar-refractivity contribution in [2.45, 2.75) is 26.3 Å². The summed E-state index contributed by atoms with van der Waals surface area (Å²) in [5, 5.41) is 28.4. The Hall–Kier alpha value is -2.57. The third-order valence-corrected chi connectivity index (χ3v) is 3.04. The summed E-state index contributed by atoms with van der Waals surface area (Å²) in [4.78, 5) is 26.5. The van der Waals surface area contributed by atoms with Crippen molar-refractivity contribution in [3.05, 3.63) is 28.3 Å². The fourth-order valence-corrected chi connectivity index (χ4v) is 2.05. The molecule has 0 atom stereocenters. The Labute approximate surface area is 113 Å². The number of aromatic nitrogens is 2. The maximum Gasteiger partial charge on any atom is 0.348 e. The second-order valence-corrected chi connectivity index (χ2v) is 4.35. The quantitative estimate of drug-likeness (QED) is 0.714. The van der Waals surface area contributed by atoms with Gasteiger partial charge in [0.05, 0.1) is 17.6 Å². The summed E-state index contributed by atoms with van der Waals surface area (Å²) in [5.74, 6) is -1.71. The molecule has 0 spiro atoms. The van der Waals surface area contributed by atoms with E-state index in [-0.39, 0.29) is 24.5 Å². The number of phenols is 2. The highest BCUT2D eigenvalue weighted by Crippen LogP contribution is 2.30. The van der Waals surface area contributed by atoms with Gasteiger partial charge in [-0.05, 0) is 12.5 Å². The second kappa shape index (κ2) is 5.20. The molecule has 7 heteroatoms. The summed E-state index contributed by atoms with van der Waals surface area (Å²) < 4.78 is 1.18. The lowest BCUT2D eigenvalue weighted by Gasteiger charge is -2.12. The van der Waals surface area contributed by atoms with Crippen LogP contribution in [0.2, 0.25) is 0 Å². The number of hydrogen-bond donors (Lipinski definition) is 3. The summed E-state index contributed by atoms with van der Waals surface area (Å²) in [6.07, 6.45) is 0.250. The number of carboxylic acids is 1. The maximum atomic E-state index is 11.9. The number of nitrogens with zero attached hydrogens (tertiary/aromatic N) is 2. The van der Waals surface area contributed by atoms with Crippen LogP contribution in [-0.2, 0) is 17.8 Å². The standard InChI is InChI=1S/C13H14N2O5/c1-2-8-7-5-10(16)11(17)6-9(7)15(13(20)14-8)4-3-12(18)19/h5-6,16-17H,2-4H2,1H3,(H,18,19). The summed E-state index contributed by atoms with van der Waals surface area (Å²) in [7, 11) is 0. The van der Waals surface area contributed by atoms with Crippen molar-refractivity contribution < 1.29 is 20.1 Å². The number of phenolic OH excluding ortho intramolecular Hbond substituents is 2. The Morgan fingerprint density at radius 1 is 1.30 bits per heavy atom. The average molecular weight is 278 g/mol. The number of hydrogen-bond acceptors (Lipinski definition) is 5. The van der Waals surface area contributed by atoms with Gasteiger partial charge in [0, 0.05) is 18.0 Å². The zero-order chi connectivity index (χ0) is 14.9. The maximum absolute atomic E-state index is 11.9. The predicted octanol–water partition coefficient (Wildman–Crippen LogP) is 0.845. The number of aliphatic carboxylic acids is 1. The van der Waals surface area contributed by atoms with Crippen LogP contribution in [0.1, 0.15) is 19.0 Å². The first-order valence-corrected chi connectivity index (χ1v) is 6.11. The Morgan fingerprint density at radius 3 is 2.55 bits per heavy atom. The van der Waals surface area contributed by atoms with Gasteiger partial charge < -0.3 is 15.3 Å². The molecular weight excluding hydrogens is 264 g/mol. The van der Waals surface area contributed by atoms with Gasteiger partial charge in [0.1, 0.15) is 0 Å². The smallest absolute Gasteiger partial charge is 0.348 e. The van der Waals surface area contributed by atoms with E-state index in [0.29, 0.717) is 23.0 Å². The van der Waals surface area contributed by atoms with Gasteiger partial charge in [-0.2, -0.15) is 4.98 Å². The van der Waals surface area contributed by atoms with Crippen molar-refractivity contribution in [1.29, 1.82) is 0 Å². The van der Waals surface area contributed by atoms with Gasteiger partial charge in [-0.1, -0.05) is 6.92 Å². The minimum absolute atomic E-state index is 0.0497. The van der Waals surface area contributed by atoms with Crippen LogP contribution in [0.15, 0.2) is 16.9 Å². The molecule has 0 saturated carbocycles. The molecule has 0 aliphatic rings. The summed E-state index contributed by atoms with van der Waals surface area (Å²) >= 11 is 0. The van der Waals surface area contributed by atoms with Crippen LogP contribution in [-0.4, -0.2) is 30.8 Å². The van der Waals surface area contributed by atoms with Crippen LogP contribution >= 0.6 is 0 Å². The molecule has 0 unspecified atom stereocenters. The van der Waals surface area contributed by atoms with Crippen molar-refractivity contribution in [2.75, 3.05) is 0 Å². The highest BCUT2D eigenvalue weighted by atomic mass is 16.4. The van der Waals surface area contributed by atoms with Crippen LogP contribution in [0.25, 0.3) is 10.9 Å². The van der Waals surface area contributed by atoms with Crippen molar-refractivity contribution in [1.82, 2.24) is 9.55 Å². The second-order valence-electron chi connectivity index (χ2n) is 4.35. The molecule has 1 aromatic carbocycles. The molecular formula is C13H14N2O5. The number of rotatable bonds is 4. The van der Waals surface area contributed by atoms with Crippen LogP contribution in [0.5, 0.6) is 11.5 Å². The van der Waals surface area contributed by atoms with E-state index in [9.17, 15) is 19.8 Å². The monoisotopic (exact) mass is 278 g/mol. The van der Waals surface area contributed by atoms with E-state index >= 15 is 0 Å². The lowest BCUT2D eigenvalue weighted by atomic mass is 10.1. The van der Waals surface area contributed by atoms with E-state index in [0.717, 1.165) is 0 Å². The van der Waals surface area contributed by atoms with Gasteiger partial charge in [0.15, 0.2) is 11.5 Å². The molecule has 1 heterocycles. The van der Waals surface area contributed by atoms with Crippen molar-refractivity contribution in [3.63, 3.8) is 0 Å². The molecule has 0 amide bonds. The number of carboxylic acid groups (broad SMARTS) is 1. The molecule has 0 fully saturated rings. The van der Waals surface area contributed by atoms with Gasteiger partial charge in [0.2, 0.25) is 0 Å². The molecule has 1 aromatic heterocycles. The molecule has 0 radical (unpaired) electrons. The van der Waals surface area contributed by atoms with Gasteiger partial charge in [0.25, 0.3) is 0 Å². The largest absolute Gasteiger partial charge is 0.504 e. The average Bonchev–Trinajstić information content (AvgIpc) is 2.39. The Morgan fingerprint density at radius 2 is 1.95 bits per heavy atom. The fraction of sp³-hybridized carbons (Fsp3) is 0.308. The summed E-state index contributed by atoms with van der Waals surface area (Å²) in [6.45, 7) is 1.76. The first-order chi connectivity index (χ1) is 9.43. The molecule has 0 bridgehead atoms. The predicted molar refractivity (Wildman–Crippen MR) is 71.0 cm³/mol. The van der Waals surface area contributed by atoms with Gasteiger partial charge in [-0.15, -0.1) is 0 Å². The van der Waals surface area contributed by atoms with E-state index in [1.165, 1.54) is 16.7 Å². The van der Waals surface area contributed by atoms with Gasteiger partial charge in [-0.3, -0.25) is 9.36 Å². The molecule has 2 rings (SSSR count). The molecule has 7 nitrogen and oxygen atoms in total. The topological polar surface area (TPSA) is 113 Å². The van der Waals surface area contributed by atoms with Crippen LogP contribution < -0.4 is 5.69 Å². The van der Waals surface area contributed by atoms with E-state index in [1.807, 2.05) is 6.92 Å². The molecule has 2 aromatic rings. The zero-order valence-corrected chi connectivity index (χ0v) is 10.8. The van der Waals surface area contributed by atoms with Crippen molar-refractivity contribution in [3.8, 4) is 11.5 Å². The molecule has 0 aliphatic carbocycles. The first-order valence-electron chi connectivity index (χ1n) is 6.11. The lowest BCUT2D eigenvalue weighted by molar-refractivity contribution is -0.137. The van der Waals surface area contributed by atoms with Crippen LogP contribution in [0.4, 0.5) is 0 Å². The van der Waals surface area contributed by atoms with Crippen LogP contribution in [0.3, 0.4) is 0 Å². The third-order valence-electron chi connectivity index (χ3n) is 3.04. The number of aryl methyl sites for hydroxylation is 2. The SMILES string of the molecule is CCc1nc(=O)n(CCC(=O)O)c2cc(O)c(O)cc12. The fourth-order valence-electron chi connectivity index (χ4n) is 2.05. The zero-order valence-electron chi connectivity index (χ0n) is 10.8. The highest BCUT2D eigenvalue weighted by molar-refractivity contribution is 5.85. The van der Waals surface area contributed by atoms with Gasteiger partial charge >= 0.3 is 11.7 Å². The van der Waals surface area contributed by atoms with E-state index in [4.69, 9.17) is 5.11 Å². The highest BCUT2D eigenvalue weighted by Gasteiger charge is 2.13. The number of aromatic hydroxyl groups is 2. The number of benzene rings is 1.